The summed E-state index contributed by atoms with van der Waals surface area (Å²) in [5, 5.41) is 0.805. The minimum Gasteiger partial charge on any atom is -0.379 e. The molecule has 0 spiro atoms. The molecule has 1 aromatic rings. The fraction of sp³-hybridized carbons (Fsp3) is 0.600. The molecule has 110 valence electrons. The van der Waals surface area contributed by atoms with Crippen LogP contribution in [0, 0.1) is 5.92 Å². The third-order valence-corrected chi connectivity index (χ3v) is 4.52. The molecule has 2 fully saturated rings. The van der Waals surface area contributed by atoms with E-state index in [4.69, 9.17) is 22.1 Å². The summed E-state index contributed by atoms with van der Waals surface area (Å²) in [4.78, 5) is 4.90. The highest BCUT2D eigenvalue weighted by molar-refractivity contribution is 6.30. The zero-order chi connectivity index (χ0) is 13.9. The van der Waals surface area contributed by atoms with Crippen molar-refractivity contribution < 1.29 is 4.74 Å². The molecule has 3 rings (SSSR count). The second-order valence-electron chi connectivity index (χ2n) is 5.73. The first-order valence-electron chi connectivity index (χ1n) is 7.28. The predicted octanol–water partition coefficient (Wildman–Crippen LogP) is 1.44. The molecular formula is C15H22ClN3O. The smallest absolute Gasteiger partial charge is 0.0621 e. The maximum absolute atomic E-state index is 6.06. The molecule has 4 nitrogen and oxygen atoms in total. The lowest BCUT2D eigenvalue weighted by Gasteiger charge is -2.37. The highest BCUT2D eigenvalue weighted by Crippen LogP contribution is 2.21. The van der Waals surface area contributed by atoms with Crippen LogP contribution in [0.4, 0.5) is 5.69 Å². The van der Waals surface area contributed by atoms with Gasteiger partial charge < -0.3 is 15.4 Å². The van der Waals surface area contributed by atoms with Gasteiger partial charge in [-0.2, -0.15) is 0 Å². The van der Waals surface area contributed by atoms with Crippen molar-refractivity contribution >= 4 is 17.3 Å². The van der Waals surface area contributed by atoms with Crippen molar-refractivity contribution in [1.82, 2.24) is 4.90 Å². The first-order chi connectivity index (χ1) is 9.72. The molecule has 1 aromatic carbocycles. The second-order valence-corrected chi connectivity index (χ2v) is 6.17. The monoisotopic (exact) mass is 295 g/mol. The molecule has 0 amide bonds. The number of nitrogens with zero attached hydrogens (tertiary/aromatic N) is 2. The summed E-state index contributed by atoms with van der Waals surface area (Å²) in [6.45, 7) is 6.84. The molecule has 2 aliphatic heterocycles. The summed E-state index contributed by atoms with van der Waals surface area (Å²) in [5.74, 6) is 0.493. The normalized spacial score (nSPS) is 28.0. The molecule has 0 radical (unpaired) electrons. The van der Waals surface area contributed by atoms with Gasteiger partial charge in [0.05, 0.1) is 13.2 Å². The molecule has 5 heteroatoms. The summed E-state index contributed by atoms with van der Waals surface area (Å²) in [7, 11) is 0. The van der Waals surface area contributed by atoms with E-state index in [1.807, 2.05) is 18.2 Å². The van der Waals surface area contributed by atoms with E-state index in [0.717, 1.165) is 44.4 Å². The molecule has 2 saturated heterocycles. The lowest BCUT2D eigenvalue weighted by atomic mass is 10.0. The summed E-state index contributed by atoms with van der Waals surface area (Å²) >= 11 is 6.06. The van der Waals surface area contributed by atoms with Crippen molar-refractivity contribution in [2.45, 2.75) is 6.04 Å². The average molecular weight is 296 g/mol. The topological polar surface area (TPSA) is 41.7 Å². The Balaban J connectivity index is 1.52. The predicted molar refractivity (Wildman–Crippen MR) is 82.4 cm³/mol. The Labute approximate surface area is 125 Å². The molecule has 0 aliphatic carbocycles. The Morgan fingerprint density at radius 1 is 1.20 bits per heavy atom. The van der Waals surface area contributed by atoms with E-state index >= 15 is 0 Å². The molecule has 2 N–H and O–H groups in total. The quantitative estimate of drug-likeness (QED) is 0.916. The Morgan fingerprint density at radius 2 is 2.00 bits per heavy atom. The van der Waals surface area contributed by atoms with Crippen LogP contribution in [0.3, 0.4) is 0 Å². The van der Waals surface area contributed by atoms with Gasteiger partial charge in [0.25, 0.3) is 0 Å². The van der Waals surface area contributed by atoms with Gasteiger partial charge in [0.1, 0.15) is 0 Å². The van der Waals surface area contributed by atoms with Gasteiger partial charge in [-0.15, -0.1) is 0 Å². The van der Waals surface area contributed by atoms with Crippen LogP contribution >= 0.6 is 11.6 Å². The number of rotatable bonds is 3. The van der Waals surface area contributed by atoms with Gasteiger partial charge in [0, 0.05) is 55.4 Å². The fourth-order valence-corrected chi connectivity index (χ4v) is 3.18. The zero-order valence-electron chi connectivity index (χ0n) is 11.7. The number of hydrogen-bond donors (Lipinski definition) is 1. The number of piperazine rings is 1. The van der Waals surface area contributed by atoms with E-state index in [9.17, 15) is 0 Å². The van der Waals surface area contributed by atoms with Gasteiger partial charge in [-0.1, -0.05) is 17.7 Å². The molecule has 2 unspecified atom stereocenters. The van der Waals surface area contributed by atoms with Gasteiger partial charge in [-0.3, -0.25) is 4.90 Å². The molecule has 2 aliphatic rings. The zero-order valence-corrected chi connectivity index (χ0v) is 12.4. The van der Waals surface area contributed by atoms with Gasteiger partial charge in [-0.25, -0.2) is 0 Å². The molecule has 0 saturated carbocycles. The molecular weight excluding hydrogens is 274 g/mol. The molecule has 0 aromatic heterocycles. The number of benzene rings is 1. The summed E-state index contributed by atoms with van der Waals surface area (Å²) < 4.78 is 5.44. The van der Waals surface area contributed by atoms with Crippen LogP contribution in [0.2, 0.25) is 5.02 Å². The minimum absolute atomic E-state index is 0.209. The Kier molecular flexibility index (Phi) is 4.46. The number of hydrogen-bond acceptors (Lipinski definition) is 4. The van der Waals surface area contributed by atoms with E-state index in [0.29, 0.717) is 12.5 Å². The van der Waals surface area contributed by atoms with E-state index in [1.165, 1.54) is 5.69 Å². The molecule has 0 bridgehead atoms. The van der Waals surface area contributed by atoms with Crippen molar-refractivity contribution in [3.05, 3.63) is 29.3 Å². The maximum Gasteiger partial charge on any atom is 0.0621 e. The largest absolute Gasteiger partial charge is 0.379 e. The number of ether oxygens (including phenoxy) is 1. The first kappa shape index (κ1) is 14.1. The van der Waals surface area contributed by atoms with Crippen molar-refractivity contribution in [1.29, 1.82) is 0 Å². The van der Waals surface area contributed by atoms with Crippen molar-refractivity contribution in [3.8, 4) is 0 Å². The number of anilines is 1. The molecule has 2 atom stereocenters. The maximum atomic E-state index is 6.06. The molecule has 2 heterocycles. The minimum atomic E-state index is 0.209. The fourth-order valence-electron chi connectivity index (χ4n) is 3.00. The lowest BCUT2D eigenvalue weighted by Crippen LogP contribution is -2.49. The summed E-state index contributed by atoms with van der Waals surface area (Å²) in [6, 6.07) is 8.31. The third kappa shape index (κ3) is 3.26. The van der Waals surface area contributed by atoms with Crippen molar-refractivity contribution in [3.63, 3.8) is 0 Å². The second kappa shape index (κ2) is 6.31. The van der Waals surface area contributed by atoms with Gasteiger partial charge >= 0.3 is 0 Å². The van der Waals surface area contributed by atoms with E-state index < -0.39 is 0 Å². The van der Waals surface area contributed by atoms with Crippen LogP contribution < -0.4 is 10.6 Å². The highest BCUT2D eigenvalue weighted by Gasteiger charge is 2.28. The van der Waals surface area contributed by atoms with Gasteiger partial charge in [0.15, 0.2) is 0 Å². The summed E-state index contributed by atoms with van der Waals surface area (Å²) in [5.41, 5.74) is 7.27. The number of halogens is 1. The lowest BCUT2D eigenvalue weighted by molar-refractivity contribution is 0.164. The Hall–Kier alpha value is -0.810. The van der Waals surface area contributed by atoms with Crippen LogP contribution in [0.15, 0.2) is 24.3 Å². The van der Waals surface area contributed by atoms with Crippen LogP contribution in [0.5, 0.6) is 0 Å². The van der Waals surface area contributed by atoms with E-state index in [2.05, 4.69) is 15.9 Å². The van der Waals surface area contributed by atoms with Crippen LogP contribution in [-0.4, -0.2) is 56.9 Å². The van der Waals surface area contributed by atoms with Crippen molar-refractivity contribution in [2.75, 3.05) is 50.8 Å². The van der Waals surface area contributed by atoms with Crippen LogP contribution in [0.1, 0.15) is 0 Å². The SMILES string of the molecule is NC1COCC1CN1CCN(c2cccc(Cl)c2)CC1. The first-order valence-corrected chi connectivity index (χ1v) is 7.66. The van der Waals surface area contributed by atoms with E-state index in [1.54, 1.807) is 0 Å². The van der Waals surface area contributed by atoms with Crippen molar-refractivity contribution in [2.24, 2.45) is 11.7 Å². The Bertz CT molecular complexity index is 448. The summed E-state index contributed by atoms with van der Waals surface area (Å²) in [6.07, 6.45) is 0. The highest BCUT2D eigenvalue weighted by atomic mass is 35.5. The van der Waals surface area contributed by atoms with E-state index in [-0.39, 0.29) is 6.04 Å². The number of nitrogens with two attached hydrogens (primary N) is 1. The standard InChI is InChI=1S/C15H22ClN3O/c16-13-2-1-3-14(8-13)19-6-4-18(5-7-19)9-12-10-20-11-15(12)17/h1-3,8,12,15H,4-7,9-11,17H2. The average Bonchev–Trinajstić information content (AvgIpc) is 2.85. The van der Waals surface area contributed by atoms with Crippen LogP contribution in [0.25, 0.3) is 0 Å². The third-order valence-electron chi connectivity index (χ3n) is 4.29. The Morgan fingerprint density at radius 3 is 2.65 bits per heavy atom. The van der Waals surface area contributed by atoms with Gasteiger partial charge in [0.2, 0.25) is 0 Å². The molecule has 20 heavy (non-hydrogen) atoms. The van der Waals surface area contributed by atoms with Crippen LogP contribution in [-0.2, 0) is 4.74 Å². The van der Waals surface area contributed by atoms with Gasteiger partial charge in [-0.05, 0) is 18.2 Å².